The van der Waals surface area contributed by atoms with Crippen molar-refractivity contribution >= 4 is 0 Å². The van der Waals surface area contributed by atoms with Crippen molar-refractivity contribution < 1.29 is 5.11 Å². The third-order valence-electron chi connectivity index (χ3n) is 3.32. The van der Waals surface area contributed by atoms with E-state index in [0.29, 0.717) is 5.92 Å². The summed E-state index contributed by atoms with van der Waals surface area (Å²) in [6.45, 7) is 2.32. The molecule has 1 aromatic heterocycles. The quantitative estimate of drug-likeness (QED) is 0.775. The van der Waals surface area contributed by atoms with Gasteiger partial charge in [0, 0.05) is 5.92 Å². The summed E-state index contributed by atoms with van der Waals surface area (Å²) in [5, 5.41) is 8.92. The molecule has 0 bridgehead atoms. The minimum Gasteiger partial charge on any atom is -0.390 e. The molecule has 1 fully saturated rings. The van der Waals surface area contributed by atoms with E-state index in [4.69, 9.17) is 5.11 Å². The number of aromatic nitrogens is 2. The predicted molar refractivity (Wildman–Crippen MR) is 54.9 cm³/mol. The zero-order chi connectivity index (χ0) is 9.97. The van der Waals surface area contributed by atoms with Gasteiger partial charge < -0.3 is 10.1 Å². The largest absolute Gasteiger partial charge is 0.390 e. The summed E-state index contributed by atoms with van der Waals surface area (Å²) in [6, 6.07) is 0. The van der Waals surface area contributed by atoms with Crippen LogP contribution in [-0.2, 0) is 6.61 Å². The number of nitrogens with one attached hydrogen (secondary N) is 1. The molecule has 0 amide bonds. The van der Waals surface area contributed by atoms with Crippen molar-refractivity contribution in [3.8, 4) is 0 Å². The van der Waals surface area contributed by atoms with Crippen LogP contribution in [0.4, 0.5) is 0 Å². The Morgan fingerprint density at radius 1 is 1.57 bits per heavy atom. The summed E-state index contributed by atoms with van der Waals surface area (Å²) in [5.41, 5.74) is 0.833. The van der Waals surface area contributed by atoms with Gasteiger partial charge in [0.1, 0.15) is 5.82 Å². The molecule has 1 aromatic rings. The molecule has 78 valence electrons. The van der Waals surface area contributed by atoms with Gasteiger partial charge in [0.25, 0.3) is 0 Å². The van der Waals surface area contributed by atoms with Crippen molar-refractivity contribution in [1.29, 1.82) is 0 Å². The fraction of sp³-hybridized carbons (Fsp3) is 0.727. The standard InChI is InChI=1S/C11H18N2O/c1-2-8-3-4-9(5-8)11-12-6-10(7-14)13-11/h6,8-9,14H,2-5,7H2,1H3,(H,12,13). The van der Waals surface area contributed by atoms with Gasteiger partial charge in [-0.15, -0.1) is 0 Å². The molecular formula is C11H18N2O. The van der Waals surface area contributed by atoms with Crippen molar-refractivity contribution in [2.45, 2.75) is 45.1 Å². The Hall–Kier alpha value is -0.830. The third kappa shape index (κ3) is 1.82. The first-order valence-electron chi connectivity index (χ1n) is 5.48. The molecule has 2 atom stereocenters. The van der Waals surface area contributed by atoms with Gasteiger partial charge in [-0.05, 0) is 25.2 Å². The monoisotopic (exact) mass is 194 g/mol. The van der Waals surface area contributed by atoms with Gasteiger partial charge in [-0.3, -0.25) is 0 Å². The zero-order valence-electron chi connectivity index (χ0n) is 8.66. The maximum Gasteiger partial charge on any atom is 0.109 e. The summed E-state index contributed by atoms with van der Waals surface area (Å²) in [5.74, 6) is 2.55. The maximum atomic E-state index is 8.92. The Balaban J connectivity index is 2.02. The topological polar surface area (TPSA) is 48.9 Å². The molecule has 3 nitrogen and oxygen atoms in total. The number of aliphatic hydroxyl groups is 1. The zero-order valence-corrected chi connectivity index (χ0v) is 8.66. The lowest BCUT2D eigenvalue weighted by atomic mass is 10.0. The van der Waals surface area contributed by atoms with Crippen molar-refractivity contribution in [2.24, 2.45) is 5.92 Å². The first-order chi connectivity index (χ1) is 6.83. The molecule has 14 heavy (non-hydrogen) atoms. The lowest BCUT2D eigenvalue weighted by Crippen LogP contribution is -1.97. The Morgan fingerprint density at radius 3 is 3.00 bits per heavy atom. The summed E-state index contributed by atoms with van der Waals surface area (Å²) in [4.78, 5) is 7.51. The summed E-state index contributed by atoms with van der Waals surface area (Å²) < 4.78 is 0. The Labute approximate surface area is 84.6 Å². The van der Waals surface area contributed by atoms with E-state index in [1.165, 1.54) is 25.7 Å². The molecule has 0 aromatic carbocycles. The van der Waals surface area contributed by atoms with Crippen LogP contribution in [0.1, 0.15) is 50.0 Å². The van der Waals surface area contributed by atoms with E-state index in [2.05, 4.69) is 16.9 Å². The molecule has 0 saturated heterocycles. The Bertz CT molecular complexity index is 295. The molecule has 0 spiro atoms. The number of hydrogen-bond acceptors (Lipinski definition) is 2. The fourth-order valence-corrected chi connectivity index (χ4v) is 2.36. The highest BCUT2D eigenvalue weighted by atomic mass is 16.3. The number of imidazole rings is 1. The molecule has 0 radical (unpaired) electrons. The highest BCUT2D eigenvalue weighted by Crippen LogP contribution is 2.38. The van der Waals surface area contributed by atoms with Crippen LogP contribution in [0.2, 0.25) is 0 Å². The van der Waals surface area contributed by atoms with Crippen LogP contribution in [0, 0.1) is 5.92 Å². The van der Waals surface area contributed by atoms with Gasteiger partial charge in [-0.2, -0.15) is 0 Å². The minimum absolute atomic E-state index is 0.0664. The molecule has 1 saturated carbocycles. The van der Waals surface area contributed by atoms with Crippen LogP contribution in [0.3, 0.4) is 0 Å². The highest BCUT2D eigenvalue weighted by Gasteiger charge is 2.26. The number of nitrogens with zero attached hydrogens (tertiary/aromatic N) is 1. The SMILES string of the molecule is CCC1CCC(c2ncc(CO)[nH]2)C1. The normalized spacial score (nSPS) is 27.0. The summed E-state index contributed by atoms with van der Waals surface area (Å²) in [6.07, 6.45) is 6.86. The first-order valence-corrected chi connectivity index (χ1v) is 5.48. The molecule has 2 unspecified atom stereocenters. The van der Waals surface area contributed by atoms with E-state index in [9.17, 15) is 0 Å². The summed E-state index contributed by atoms with van der Waals surface area (Å²) in [7, 11) is 0. The van der Waals surface area contributed by atoms with Gasteiger partial charge >= 0.3 is 0 Å². The van der Waals surface area contributed by atoms with Crippen molar-refractivity contribution in [3.63, 3.8) is 0 Å². The average Bonchev–Trinajstić information content (AvgIpc) is 2.86. The molecule has 3 heteroatoms. The fourth-order valence-electron chi connectivity index (χ4n) is 2.36. The van der Waals surface area contributed by atoms with E-state index < -0.39 is 0 Å². The summed E-state index contributed by atoms with van der Waals surface area (Å²) >= 11 is 0. The Kier molecular flexibility index (Phi) is 2.87. The van der Waals surface area contributed by atoms with Crippen molar-refractivity contribution in [2.75, 3.05) is 0 Å². The van der Waals surface area contributed by atoms with E-state index in [0.717, 1.165) is 17.4 Å². The van der Waals surface area contributed by atoms with Crippen molar-refractivity contribution in [1.82, 2.24) is 9.97 Å². The van der Waals surface area contributed by atoms with E-state index in [1.807, 2.05) is 0 Å². The highest BCUT2D eigenvalue weighted by molar-refractivity contribution is 5.06. The second-order valence-electron chi connectivity index (χ2n) is 4.24. The van der Waals surface area contributed by atoms with Crippen molar-refractivity contribution in [3.05, 3.63) is 17.7 Å². The Morgan fingerprint density at radius 2 is 2.43 bits per heavy atom. The maximum absolute atomic E-state index is 8.92. The minimum atomic E-state index is 0.0664. The number of hydrogen-bond donors (Lipinski definition) is 2. The van der Waals surface area contributed by atoms with Crippen LogP contribution >= 0.6 is 0 Å². The first kappa shape index (κ1) is 9.71. The van der Waals surface area contributed by atoms with E-state index in [1.54, 1.807) is 6.20 Å². The molecule has 1 heterocycles. The van der Waals surface area contributed by atoms with Gasteiger partial charge in [0.2, 0.25) is 0 Å². The number of rotatable bonds is 3. The lowest BCUT2D eigenvalue weighted by Gasteiger charge is -2.06. The molecule has 1 aliphatic carbocycles. The molecular weight excluding hydrogens is 176 g/mol. The predicted octanol–water partition coefficient (Wildman–Crippen LogP) is 2.20. The van der Waals surface area contributed by atoms with Crippen LogP contribution in [0.5, 0.6) is 0 Å². The smallest absolute Gasteiger partial charge is 0.109 e. The molecule has 0 aliphatic heterocycles. The van der Waals surface area contributed by atoms with Crippen LogP contribution in [0.15, 0.2) is 6.20 Å². The lowest BCUT2D eigenvalue weighted by molar-refractivity contribution is 0.277. The van der Waals surface area contributed by atoms with Crippen LogP contribution < -0.4 is 0 Å². The number of aromatic amines is 1. The van der Waals surface area contributed by atoms with Gasteiger partial charge in [-0.25, -0.2) is 4.98 Å². The number of H-pyrrole nitrogens is 1. The average molecular weight is 194 g/mol. The van der Waals surface area contributed by atoms with E-state index in [-0.39, 0.29) is 6.61 Å². The van der Waals surface area contributed by atoms with Gasteiger partial charge in [0.05, 0.1) is 18.5 Å². The van der Waals surface area contributed by atoms with Gasteiger partial charge in [-0.1, -0.05) is 13.3 Å². The molecule has 2 N–H and O–H groups in total. The second kappa shape index (κ2) is 4.13. The third-order valence-corrected chi connectivity index (χ3v) is 3.32. The van der Waals surface area contributed by atoms with Crippen LogP contribution in [0.25, 0.3) is 0 Å². The molecule has 2 rings (SSSR count). The second-order valence-corrected chi connectivity index (χ2v) is 4.24. The number of aliphatic hydroxyl groups excluding tert-OH is 1. The van der Waals surface area contributed by atoms with E-state index >= 15 is 0 Å². The van der Waals surface area contributed by atoms with Gasteiger partial charge in [0.15, 0.2) is 0 Å². The van der Waals surface area contributed by atoms with Crippen LogP contribution in [-0.4, -0.2) is 15.1 Å². The molecule has 1 aliphatic rings.